The zero-order valence-electron chi connectivity index (χ0n) is 11.9. The maximum absolute atomic E-state index is 11.3. The Bertz CT molecular complexity index is 653. The van der Waals surface area contributed by atoms with E-state index in [4.69, 9.17) is 4.74 Å². The molecule has 2 aromatic heterocycles. The van der Waals surface area contributed by atoms with Crippen molar-refractivity contribution >= 4 is 17.8 Å². The number of hydrogen-bond acceptors (Lipinski definition) is 6. The minimum absolute atomic E-state index is 0.159. The maximum atomic E-state index is 11.3. The number of hydrogen-bond donors (Lipinski definition) is 1. The fourth-order valence-corrected chi connectivity index (χ4v) is 1.78. The van der Waals surface area contributed by atoms with E-state index in [9.17, 15) is 9.59 Å². The third kappa shape index (κ3) is 3.62. The van der Waals surface area contributed by atoms with Gasteiger partial charge in [0.15, 0.2) is 0 Å². The minimum atomic E-state index is -0.763. The SMILES string of the molecule is CC(=O)Nc1nc(C)n(C(OC(C)=O)c2ccncc2)n1. The van der Waals surface area contributed by atoms with Gasteiger partial charge in [-0.25, -0.2) is 4.68 Å². The Hall–Kier alpha value is -2.77. The zero-order valence-corrected chi connectivity index (χ0v) is 11.9. The van der Waals surface area contributed by atoms with Crippen LogP contribution in [-0.4, -0.2) is 31.6 Å². The summed E-state index contributed by atoms with van der Waals surface area (Å²) in [5, 5.41) is 6.65. The zero-order chi connectivity index (χ0) is 15.4. The Kier molecular flexibility index (Phi) is 4.27. The molecule has 0 saturated carbocycles. The molecular weight excluding hydrogens is 274 g/mol. The number of pyridine rings is 1. The van der Waals surface area contributed by atoms with Gasteiger partial charge < -0.3 is 4.74 Å². The van der Waals surface area contributed by atoms with Crippen LogP contribution in [0.5, 0.6) is 0 Å². The maximum Gasteiger partial charge on any atom is 0.304 e. The molecule has 0 radical (unpaired) electrons. The summed E-state index contributed by atoms with van der Waals surface area (Å²) in [5.74, 6) is -0.0686. The first kappa shape index (κ1) is 14.6. The first-order chi connectivity index (χ1) is 9.97. The standard InChI is InChI=1S/C13H15N5O3/c1-8-15-13(16-9(2)19)17-18(8)12(21-10(3)20)11-4-6-14-7-5-11/h4-7,12H,1-3H3,(H,16,17,19). The summed E-state index contributed by atoms with van der Waals surface area (Å²) < 4.78 is 6.74. The summed E-state index contributed by atoms with van der Waals surface area (Å²) >= 11 is 0. The van der Waals surface area contributed by atoms with E-state index in [0.29, 0.717) is 11.4 Å². The Morgan fingerprint density at radius 2 is 1.95 bits per heavy atom. The molecular formula is C13H15N5O3. The van der Waals surface area contributed by atoms with Gasteiger partial charge in [-0.1, -0.05) is 0 Å². The molecule has 2 aromatic rings. The highest BCUT2D eigenvalue weighted by Crippen LogP contribution is 2.21. The molecule has 1 amide bonds. The van der Waals surface area contributed by atoms with Crippen LogP contribution in [0.15, 0.2) is 24.5 Å². The van der Waals surface area contributed by atoms with Gasteiger partial charge in [0.05, 0.1) is 0 Å². The van der Waals surface area contributed by atoms with Crippen molar-refractivity contribution in [1.82, 2.24) is 19.7 Å². The van der Waals surface area contributed by atoms with Crippen molar-refractivity contribution in [3.8, 4) is 0 Å². The van der Waals surface area contributed by atoms with E-state index in [1.165, 1.54) is 18.5 Å². The molecule has 8 nitrogen and oxygen atoms in total. The van der Waals surface area contributed by atoms with Gasteiger partial charge in [0.2, 0.25) is 18.1 Å². The van der Waals surface area contributed by atoms with Crippen molar-refractivity contribution < 1.29 is 14.3 Å². The Balaban J connectivity index is 2.39. The van der Waals surface area contributed by atoms with Crippen molar-refractivity contribution in [2.45, 2.75) is 27.0 Å². The molecule has 0 aliphatic rings. The molecule has 0 saturated heterocycles. The van der Waals surface area contributed by atoms with Crippen LogP contribution in [0.1, 0.15) is 31.5 Å². The van der Waals surface area contributed by atoms with Crippen molar-refractivity contribution in [3.63, 3.8) is 0 Å². The predicted octanol–water partition coefficient (Wildman–Crippen LogP) is 1.05. The number of esters is 1. The summed E-state index contributed by atoms with van der Waals surface area (Å²) in [4.78, 5) is 30.4. The smallest absolute Gasteiger partial charge is 0.304 e. The van der Waals surface area contributed by atoms with Gasteiger partial charge in [0, 0.05) is 31.8 Å². The highest BCUT2D eigenvalue weighted by Gasteiger charge is 2.21. The molecule has 0 aliphatic heterocycles. The molecule has 1 N–H and O–H groups in total. The lowest BCUT2D eigenvalue weighted by Crippen LogP contribution is -2.20. The van der Waals surface area contributed by atoms with Crippen LogP contribution in [0.25, 0.3) is 0 Å². The lowest BCUT2D eigenvalue weighted by Gasteiger charge is -2.18. The highest BCUT2D eigenvalue weighted by molar-refractivity contribution is 5.86. The Labute approximate surface area is 121 Å². The molecule has 1 unspecified atom stereocenters. The van der Waals surface area contributed by atoms with Gasteiger partial charge in [-0.2, -0.15) is 4.98 Å². The van der Waals surface area contributed by atoms with Gasteiger partial charge >= 0.3 is 5.97 Å². The molecule has 110 valence electrons. The number of nitrogens with zero attached hydrogens (tertiary/aromatic N) is 4. The minimum Gasteiger partial charge on any atom is -0.435 e. The van der Waals surface area contributed by atoms with E-state index in [1.807, 2.05) is 0 Å². The molecule has 0 bridgehead atoms. The second kappa shape index (κ2) is 6.12. The monoisotopic (exact) mass is 289 g/mol. The number of aryl methyl sites for hydroxylation is 1. The van der Waals surface area contributed by atoms with Crippen LogP contribution in [0.2, 0.25) is 0 Å². The average molecular weight is 289 g/mol. The number of nitrogens with one attached hydrogen (secondary N) is 1. The van der Waals surface area contributed by atoms with Crippen molar-refractivity contribution in [2.24, 2.45) is 0 Å². The first-order valence-corrected chi connectivity index (χ1v) is 6.25. The number of amides is 1. The van der Waals surface area contributed by atoms with E-state index in [1.54, 1.807) is 31.5 Å². The van der Waals surface area contributed by atoms with Gasteiger partial charge in [-0.15, -0.1) is 5.10 Å². The summed E-state index contributed by atoms with van der Waals surface area (Å²) in [6, 6.07) is 3.43. The van der Waals surface area contributed by atoms with E-state index in [2.05, 4.69) is 20.4 Å². The molecule has 2 heterocycles. The van der Waals surface area contributed by atoms with E-state index >= 15 is 0 Å². The van der Waals surface area contributed by atoms with Gasteiger partial charge in [0.1, 0.15) is 5.82 Å². The molecule has 1 atom stereocenters. The highest BCUT2D eigenvalue weighted by atomic mass is 16.6. The summed E-state index contributed by atoms with van der Waals surface area (Å²) in [6.45, 7) is 4.38. The van der Waals surface area contributed by atoms with Crippen LogP contribution in [0.3, 0.4) is 0 Å². The lowest BCUT2D eigenvalue weighted by atomic mass is 10.2. The number of rotatable bonds is 4. The average Bonchev–Trinajstić information content (AvgIpc) is 2.76. The first-order valence-electron chi connectivity index (χ1n) is 6.25. The summed E-state index contributed by atoms with van der Waals surface area (Å²) in [7, 11) is 0. The second-order valence-corrected chi connectivity index (χ2v) is 4.35. The Morgan fingerprint density at radius 1 is 1.29 bits per heavy atom. The van der Waals surface area contributed by atoms with Gasteiger partial charge in [-0.05, 0) is 19.1 Å². The Morgan fingerprint density at radius 3 is 2.52 bits per heavy atom. The summed E-state index contributed by atoms with van der Waals surface area (Å²) in [5.41, 5.74) is 0.697. The molecule has 0 aliphatic carbocycles. The number of anilines is 1. The van der Waals surface area contributed by atoms with Crippen LogP contribution in [0.4, 0.5) is 5.95 Å². The fourth-order valence-electron chi connectivity index (χ4n) is 1.78. The number of ether oxygens (including phenoxy) is 1. The third-order valence-corrected chi connectivity index (χ3v) is 2.58. The van der Waals surface area contributed by atoms with E-state index in [0.717, 1.165) is 0 Å². The largest absolute Gasteiger partial charge is 0.435 e. The fraction of sp³-hybridized carbons (Fsp3) is 0.308. The van der Waals surface area contributed by atoms with Crippen LogP contribution < -0.4 is 5.32 Å². The molecule has 0 spiro atoms. The van der Waals surface area contributed by atoms with Crippen LogP contribution >= 0.6 is 0 Å². The normalized spacial score (nSPS) is 11.8. The molecule has 8 heteroatoms. The van der Waals surface area contributed by atoms with Crippen molar-refractivity contribution in [2.75, 3.05) is 5.32 Å². The number of carbonyl (C=O) groups excluding carboxylic acids is 2. The third-order valence-electron chi connectivity index (χ3n) is 2.58. The quantitative estimate of drug-likeness (QED) is 0.845. The predicted molar refractivity (Wildman–Crippen MR) is 73.2 cm³/mol. The van der Waals surface area contributed by atoms with Gasteiger partial charge in [-0.3, -0.25) is 19.9 Å². The molecule has 0 fully saturated rings. The van der Waals surface area contributed by atoms with E-state index < -0.39 is 12.2 Å². The lowest BCUT2D eigenvalue weighted by molar-refractivity contribution is -0.149. The van der Waals surface area contributed by atoms with Crippen LogP contribution in [0, 0.1) is 6.92 Å². The van der Waals surface area contributed by atoms with Gasteiger partial charge in [0.25, 0.3) is 0 Å². The second-order valence-electron chi connectivity index (χ2n) is 4.35. The summed E-state index contributed by atoms with van der Waals surface area (Å²) in [6.07, 6.45) is 2.42. The number of carbonyl (C=O) groups is 2. The molecule has 21 heavy (non-hydrogen) atoms. The topological polar surface area (TPSA) is 99.0 Å². The molecule has 2 rings (SSSR count). The van der Waals surface area contributed by atoms with Crippen molar-refractivity contribution in [1.29, 1.82) is 0 Å². The van der Waals surface area contributed by atoms with E-state index in [-0.39, 0.29) is 11.9 Å². The molecule has 0 aromatic carbocycles. The number of aromatic nitrogens is 4. The van der Waals surface area contributed by atoms with Crippen LogP contribution in [-0.2, 0) is 14.3 Å². The van der Waals surface area contributed by atoms with Crippen molar-refractivity contribution in [3.05, 3.63) is 35.9 Å².